The smallest absolute Gasteiger partial charge is 0.258 e. The fraction of sp³-hybridized carbons (Fsp3) is 0.571. The van der Waals surface area contributed by atoms with Gasteiger partial charge >= 0.3 is 0 Å². The number of rotatable bonds is 4. The SMILES string of the molecule is NC1(c2noc(-c3csc(S(=O)(=O)N4CCOCC4)c3)n2)CCC1. The standard InChI is InChI=1S/C14H18N4O4S2/c15-14(2-1-3-14)13-16-12(22-17-13)10-8-11(23-9-10)24(19,20)18-4-6-21-7-5-18/h8-9H,1-7,15H2. The van der Waals surface area contributed by atoms with E-state index in [-0.39, 0.29) is 4.21 Å². The van der Waals surface area contributed by atoms with Gasteiger partial charge in [-0.2, -0.15) is 9.29 Å². The molecule has 1 aliphatic heterocycles. The fourth-order valence-electron chi connectivity index (χ4n) is 2.80. The van der Waals surface area contributed by atoms with E-state index in [9.17, 15) is 8.42 Å². The molecule has 8 nitrogen and oxygen atoms in total. The molecule has 0 radical (unpaired) electrons. The quantitative estimate of drug-likeness (QED) is 0.859. The summed E-state index contributed by atoms with van der Waals surface area (Å²) in [5.74, 6) is 0.800. The Morgan fingerprint density at radius 2 is 2.04 bits per heavy atom. The minimum atomic E-state index is -3.51. The Balaban J connectivity index is 1.58. The van der Waals surface area contributed by atoms with Gasteiger partial charge in [-0.15, -0.1) is 11.3 Å². The molecule has 24 heavy (non-hydrogen) atoms. The molecule has 10 heteroatoms. The van der Waals surface area contributed by atoms with Crippen LogP contribution in [0.2, 0.25) is 0 Å². The van der Waals surface area contributed by atoms with Crippen LogP contribution in [0, 0.1) is 0 Å². The van der Waals surface area contributed by atoms with Gasteiger partial charge in [0.2, 0.25) is 0 Å². The van der Waals surface area contributed by atoms with Crippen molar-refractivity contribution in [3.63, 3.8) is 0 Å². The molecule has 2 aromatic rings. The van der Waals surface area contributed by atoms with Gasteiger partial charge in [-0.25, -0.2) is 8.42 Å². The van der Waals surface area contributed by atoms with Gasteiger partial charge in [0.1, 0.15) is 4.21 Å². The van der Waals surface area contributed by atoms with Crippen LogP contribution in [0.15, 0.2) is 20.2 Å². The van der Waals surface area contributed by atoms with Gasteiger partial charge in [-0.3, -0.25) is 0 Å². The van der Waals surface area contributed by atoms with Crippen LogP contribution in [0.4, 0.5) is 0 Å². The van der Waals surface area contributed by atoms with Crippen LogP contribution in [0.1, 0.15) is 25.1 Å². The van der Waals surface area contributed by atoms with E-state index in [4.69, 9.17) is 15.0 Å². The molecular weight excluding hydrogens is 352 g/mol. The molecule has 1 aliphatic carbocycles. The van der Waals surface area contributed by atoms with Gasteiger partial charge in [0.05, 0.1) is 24.3 Å². The summed E-state index contributed by atoms with van der Waals surface area (Å²) in [5.41, 5.74) is 6.30. The zero-order valence-corrected chi connectivity index (χ0v) is 14.6. The van der Waals surface area contributed by atoms with E-state index in [2.05, 4.69) is 10.1 Å². The summed E-state index contributed by atoms with van der Waals surface area (Å²) < 4.78 is 37.5. The summed E-state index contributed by atoms with van der Waals surface area (Å²) in [7, 11) is -3.51. The molecule has 2 fully saturated rings. The van der Waals surface area contributed by atoms with E-state index in [0.29, 0.717) is 43.6 Å². The highest BCUT2D eigenvalue weighted by atomic mass is 32.2. The van der Waals surface area contributed by atoms with E-state index < -0.39 is 15.6 Å². The number of ether oxygens (including phenoxy) is 1. The Morgan fingerprint density at radius 3 is 2.71 bits per heavy atom. The summed E-state index contributed by atoms with van der Waals surface area (Å²) in [6.45, 7) is 1.58. The lowest BCUT2D eigenvalue weighted by molar-refractivity contribution is 0.0731. The molecule has 2 aromatic heterocycles. The van der Waals surface area contributed by atoms with Crippen molar-refractivity contribution in [1.82, 2.24) is 14.4 Å². The van der Waals surface area contributed by atoms with Crippen molar-refractivity contribution in [2.45, 2.75) is 29.0 Å². The lowest BCUT2D eigenvalue weighted by Gasteiger charge is -2.34. The minimum absolute atomic E-state index is 0.269. The van der Waals surface area contributed by atoms with Crippen LogP contribution in [0.25, 0.3) is 11.5 Å². The maximum absolute atomic E-state index is 12.6. The average molecular weight is 370 g/mol. The highest BCUT2D eigenvalue weighted by Crippen LogP contribution is 2.38. The third-order valence-corrected chi connectivity index (χ3v) is 7.82. The fourth-order valence-corrected chi connectivity index (χ4v) is 5.52. The van der Waals surface area contributed by atoms with Gasteiger partial charge in [-0.1, -0.05) is 5.16 Å². The molecule has 0 atom stereocenters. The topological polar surface area (TPSA) is 112 Å². The molecule has 130 valence electrons. The van der Waals surface area contributed by atoms with Crippen molar-refractivity contribution >= 4 is 21.4 Å². The second-order valence-electron chi connectivity index (χ2n) is 6.10. The molecule has 2 N–H and O–H groups in total. The van der Waals surface area contributed by atoms with Crippen LogP contribution >= 0.6 is 11.3 Å². The summed E-state index contributed by atoms with van der Waals surface area (Å²) in [6.07, 6.45) is 2.74. The van der Waals surface area contributed by atoms with Crippen LogP contribution in [-0.4, -0.2) is 49.2 Å². The highest BCUT2D eigenvalue weighted by Gasteiger charge is 2.39. The summed E-state index contributed by atoms with van der Waals surface area (Å²) in [5, 5.41) is 5.68. The molecule has 0 bridgehead atoms. The Morgan fingerprint density at radius 1 is 1.29 bits per heavy atom. The highest BCUT2D eigenvalue weighted by molar-refractivity contribution is 7.91. The van der Waals surface area contributed by atoms with E-state index in [0.717, 1.165) is 30.6 Å². The maximum atomic E-state index is 12.6. The minimum Gasteiger partial charge on any atom is -0.379 e. The number of sulfonamides is 1. The summed E-state index contributed by atoms with van der Waals surface area (Å²) in [6, 6.07) is 1.58. The Hall–Kier alpha value is -1.33. The van der Waals surface area contributed by atoms with Gasteiger partial charge in [0.15, 0.2) is 5.82 Å². The van der Waals surface area contributed by atoms with Crippen LogP contribution < -0.4 is 5.73 Å². The van der Waals surface area contributed by atoms with Crippen molar-refractivity contribution < 1.29 is 17.7 Å². The van der Waals surface area contributed by atoms with E-state index >= 15 is 0 Å². The van der Waals surface area contributed by atoms with Crippen LogP contribution in [0.5, 0.6) is 0 Å². The predicted molar refractivity (Wildman–Crippen MR) is 86.9 cm³/mol. The molecule has 3 heterocycles. The number of nitrogens with zero attached hydrogens (tertiary/aromatic N) is 3. The van der Waals surface area contributed by atoms with Gasteiger partial charge in [0.25, 0.3) is 15.9 Å². The zero-order valence-electron chi connectivity index (χ0n) is 13.0. The summed E-state index contributed by atoms with van der Waals surface area (Å²) in [4.78, 5) is 4.36. The first-order valence-electron chi connectivity index (χ1n) is 7.79. The lowest BCUT2D eigenvalue weighted by atomic mass is 9.77. The largest absolute Gasteiger partial charge is 0.379 e. The third kappa shape index (κ3) is 2.68. The third-order valence-electron chi connectivity index (χ3n) is 4.50. The first kappa shape index (κ1) is 16.2. The first-order valence-corrected chi connectivity index (χ1v) is 10.1. The summed E-state index contributed by atoms with van der Waals surface area (Å²) >= 11 is 1.15. The van der Waals surface area contributed by atoms with Gasteiger partial charge in [0, 0.05) is 18.5 Å². The van der Waals surface area contributed by atoms with E-state index in [1.807, 2.05) is 0 Å². The monoisotopic (exact) mass is 370 g/mol. The molecule has 1 saturated carbocycles. The second kappa shape index (κ2) is 5.88. The van der Waals surface area contributed by atoms with Crippen LogP contribution in [-0.2, 0) is 20.3 Å². The molecule has 0 unspecified atom stereocenters. The Labute approximate surface area is 143 Å². The first-order chi connectivity index (χ1) is 11.5. The molecule has 0 amide bonds. The Bertz CT molecular complexity index is 835. The average Bonchev–Trinajstić information content (AvgIpc) is 3.23. The Kier molecular flexibility index (Phi) is 3.96. The van der Waals surface area contributed by atoms with Crippen molar-refractivity contribution in [3.8, 4) is 11.5 Å². The second-order valence-corrected chi connectivity index (χ2v) is 9.18. The molecule has 2 aliphatic rings. The molecule has 0 aromatic carbocycles. The van der Waals surface area contributed by atoms with Crippen molar-refractivity contribution in [3.05, 3.63) is 17.3 Å². The number of hydrogen-bond acceptors (Lipinski definition) is 8. The van der Waals surface area contributed by atoms with Crippen molar-refractivity contribution in [2.24, 2.45) is 5.73 Å². The molecule has 0 spiro atoms. The zero-order chi connectivity index (χ0) is 16.8. The van der Waals surface area contributed by atoms with Crippen molar-refractivity contribution in [1.29, 1.82) is 0 Å². The lowest BCUT2D eigenvalue weighted by Crippen LogP contribution is -2.44. The molecular formula is C14H18N4O4S2. The normalized spacial score (nSPS) is 21.5. The number of nitrogens with two attached hydrogens (primary N) is 1. The molecule has 4 rings (SSSR count). The number of aromatic nitrogens is 2. The maximum Gasteiger partial charge on any atom is 0.258 e. The van der Waals surface area contributed by atoms with E-state index in [1.165, 1.54) is 4.31 Å². The van der Waals surface area contributed by atoms with Gasteiger partial charge in [-0.05, 0) is 25.3 Å². The van der Waals surface area contributed by atoms with Gasteiger partial charge < -0.3 is 15.0 Å². The molecule has 1 saturated heterocycles. The van der Waals surface area contributed by atoms with Crippen LogP contribution in [0.3, 0.4) is 0 Å². The van der Waals surface area contributed by atoms with E-state index in [1.54, 1.807) is 11.4 Å². The predicted octanol–water partition coefficient (Wildman–Crippen LogP) is 1.16. The number of hydrogen-bond donors (Lipinski definition) is 1. The van der Waals surface area contributed by atoms with Crippen molar-refractivity contribution in [2.75, 3.05) is 26.3 Å². The number of morpholine rings is 1. The number of thiophene rings is 1.